The number of hydrogen-bond acceptors (Lipinski definition) is 1. The Labute approximate surface area is 81.5 Å². The Morgan fingerprint density at radius 2 is 2.31 bits per heavy atom. The van der Waals surface area contributed by atoms with Gasteiger partial charge in [-0.05, 0) is 29.7 Å². The summed E-state index contributed by atoms with van der Waals surface area (Å²) in [5.41, 5.74) is 0.689. The second-order valence-corrected chi connectivity index (χ2v) is 3.38. The van der Waals surface area contributed by atoms with Crippen molar-refractivity contribution in [3.63, 3.8) is 0 Å². The van der Waals surface area contributed by atoms with Gasteiger partial charge in [0, 0.05) is 11.4 Å². The van der Waals surface area contributed by atoms with Crippen LogP contribution in [0.1, 0.15) is 24.8 Å². The average molecular weight is 201 g/mol. The molecule has 0 aliphatic heterocycles. The molecule has 0 fully saturated rings. The molecule has 1 unspecified atom stereocenters. The lowest BCUT2D eigenvalue weighted by Gasteiger charge is -2.09. The van der Waals surface area contributed by atoms with Crippen LogP contribution in [0.4, 0.5) is 4.39 Å². The van der Waals surface area contributed by atoms with Gasteiger partial charge in [0.05, 0.1) is 0 Å². The number of carbonyl (C=O) groups is 1. The van der Waals surface area contributed by atoms with Gasteiger partial charge in [-0.25, -0.2) is 4.39 Å². The van der Waals surface area contributed by atoms with Crippen molar-refractivity contribution < 1.29 is 9.18 Å². The minimum Gasteiger partial charge on any atom is -0.303 e. The smallest absolute Gasteiger partial charge is 0.123 e. The van der Waals surface area contributed by atoms with Gasteiger partial charge in [0.25, 0.3) is 0 Å². The second-order valence-electron chi connectivity index (χ2n) is 2.97. The van der Waals surface area contributed by atoms with Crippen LogP contribution in [0.25, 0.3) is 0 Å². The fraction of sp³-hybridized carbons (Fsp3) is 0.300. The lowest BCUT2D eigenvalue weighted by molar-refractivity contribution is -0.108. The van der Waals surface area contributed by atoms with Gasteiger partial charge in [-0.3, -0.25) is 0 Å². The molecule has 0 saturated heterocycles. The van der Waals surface area contributed by atoms with E-state index in [1.54, 1.807) is 0 Å². The highest BCUT2D eigenvalue weighted by molar-refractivity contribution is 6.31. The lowest BCUT2D eigenvalue weighted by atomic mass is 9.98. The summed E-state index contributed by atoms with van der Waals surface area (Å²) in [6, 6.07) is 4.18. The molecule has 0 aliphatic carbocycles. The van der Waals surface area contributed by atoms with E-state index in [1.807, 2.05) is 6.92 Å². The molecule has 1 atom stereocenters. The Balaban J connectivity index is 2.97. The molecule has 0 aliphatic rings. The first kappa shape index (κ1) is 10.2. The zero-order valence-electron chi connectivity index (χ0n) is 7.26. The number of benzene rings is 1. The van der Waals surface area contributed by atoms with E-state index in [9.17, 15) is 9.18 Å². The molecule has 0 amide bonds. The molecule has 1 nitrogen and oxygen atoms in total. The van der Waals surface area contributed by atoms with E-state index < -0.39 is 0 Å². The van der Waals surface area contributed by atoms with Gasteiger partial charge < -0.3 is 4.79 Å². The third-order valence-corrected chi connectivity index (χ3v) is 2.28. The largest absolute Gasteiger partial charge is 0.303 e. The highest BCUT2D eigenvalue weighted by Crippen LogP contribution is 2.26. The molecule has 0 bridgehead atoms. The summed E-state index contributed by atoms with van der Waals surface area (Å²) in [4.78, 5) is 10.2. The van der Waals surface area contributed by atoms with E-state index >= 15 is 0 Å². The van der Waals surface area contributed by atoms with Crippen LogP contribution in [0, 0.1) is 5.82 Å². The maximum Gasteiger partial charge on any atom is 0.123 e. The first-order valence-electron chi connectivity index (χ1n) is 4.03. The average Bonchev–Trinajstić information content (AvgIpc) is 2.09. The van der Waals surface area contributed by atoms with Crippen LogP contribution in [0.3, 0.4) is 0 Å². The molecule has 0 N–H and O–H groups in total. The fourth-order valence-electron chi connectivity index (χ4n) is 1.16. The molecule has 0 aromatic heterocycles. The van der Waals surface area contributed by atoms with E-state index in [4.69, 9.17) is 11.6 Å². The molecule has 3 heteroatoms. The Bertz CT molecular complexity index is 312. The highest BCUT2D eigenvalue weighted by atomic mass is 35.5. The van der Waals surface area contributed by atoms with Crippen molar-refractivity contribution >= 4 is 17.9 Å². The monoisotopic (exact) mass is 200 g/mol. The third-order valence-electron chi connectivity index (χ3n) is 1.94. The summed E-state index contributed by atoms with van der Waals surface area (Å²) in [7, 11) is 0. The molecule has 0 saturated carbocycles. The Kier molecular flexibility index (Phi) is 3.43. The molecule has 70 valence electrons. The minimum absolute atomic E-state index is 0.0271. The highest BCUT2D eigenvalue weighted by Gasteiger charge is 2.09. The summed E-state index contributed by atoms with van der Waals surface area (Å²) in [5.74, 6) is -0.349. The van der Waals surface area contributed by atoms with Gasteiger partial charge in [0.2, 0.25) is 0 Å². The van der Waals surface area contributed by atoms with Crippen molar-refractivity contribution in [3.05, 3.63) is 34.6 Å². The molecule has 0 spiro atoms. The van der Waals surface area contributed by atoms with Crippen molar-refractivity contribution in [2.45, 2.75) is 19.3 Å². The molecule has 1 aromatic rings. The summed E-state index contributed by atoms with van der Waals surface area (Å²) < 4.78 is 12.8. The van der Waals surface area contributed by atoms with Gasteiger partial charge in [0.1, 0.15) is 12.1 Å². The van der Waals surface area contributed by atoms with Gasteiger partial charge in [0.15, 0.2) is 0 Å². The van der Waals surface area contributed by atoms with Crippen LogP contribution in [0.5, 0.6) is 0 Å². The van der Waals surface area contributed by atoms with Gasteiger partial charge in [-0.2, -0.15) is 0 Å². The number of hydrogen-bond donors (Lipinski definition) is 0. The van der Waals surface area contributed by atoms with Crippen LogP contribution in [-0.4, -0.2) is 6.29 Å². The molecular weight excluding hydrogens is 191 g/mol. The Hall–Kier alpha value is -0.890. The number of aldehydes is 1. The third kappa shape index (κ3) is 2.52. The summed E-state index contributed by atoms with van der Waals surface area (Å²) in [6.45, 7) is 1.84. The van der Waals surface area contributed by atoms with E-state index in [1.165, 1.54) is 18.2 Å². The predicted octanol–water partition coefficient (Wildman–Crippen LogP) is 3.17. The van der Waals surface area contributed by atoms with Crippen LogP contribution < -0.4 is 0 Å². The van der Waals surface area contributed by atoms with Crippen LogP contribution in [0.15, 0.2) is 18.2 Å². The summed E-state index contributed by atoms with van der Waals surface area (Å²) in [6.07, 6.45) is 1.18. The number of halogens is 2. The molecule has 0 radical (unpaired) electrons. The second kappa shape index (κ2) is 4.38. The van der Waals surface area contributed by atoms with Crippen molar-refractivity contribution in [3.8, 4) is 0 Å². The lowest BCUT2D eigenvalue weighted by Crippen LogP contribution is -1.96. The standard InChI is InChI=1S/C10H10ClFO/c1-7(4-5-13)9-6-8(12)2-3-10(9)11/h2-3,5-7H,4H2,1H3. The SMILES string of the molecule is CC(CC=O)c1cc(F)ccc1Cl. The summed E-state index contributed by atoms with van der Waals surface area (Å²) in [5, 5.41) is 0.510. The molecule has 13 heavy (non-hydrogen) atoms. The topological polar surface area (TPSA) is 17.1 Å². The van der Waals surface area contributed by atoms with Gasteiger partial charge in [-0.15, -0.1) is 0 Å². The van der Waals surface area contributed by atoms with Crippen LogP contribution >= 0.6 is 11.6 Å². The summed E-state index contributed by atoms with van der Waals surface area (Å²) >= 11 is 5.84. The minimum atomic E-state index is -0.322. The Morgan fingerprint density at radius 3 is 2.92 bits per heavy atom. The van der Waals surface area contributed by atoms with Crippen LogP contribution in [-0.2, 0) is 4.79 Å². The fourth-order valence-corrected chi connectivity index (χ4v) is 1.47. The predicted molar refractivity (Wildman–Crippen MR) is 50.5 cm³/mol. The van der Waals surface area contributed by atoms with Crippen molar-refractivity contribution in [2.75, 3.05) is 0 Å². The first-order valence-corrected chi connectivity index (χ1v) is 4.41. The van der Waals surface area contributed by atoms with Crippen molar-refractivity contribution in [2.24, 2.45) is 0 Å². The molecular formula is C10H10ClFO. The number of rotatable bonds is 3. The zero-order chi connectivity index (χ0) is 9.84. The van der Waals surface area contributed by atoms with Gasteiger partial charge in [-0.1, -0.05) is 18.5 Å². The normalized spacial score (nSPS) is 12.5. The van der Waals surface area contributed by atoms with Crippen molar-refractivity contribution in [1.82, 2.24) is 0 Å². The van der Waals surface area contributed by atoms with Crippen molar-refractivity contribution in [1.29, 1.82) is 0 Å². The maximum absolute atomic E-state index is 12.8. The Morgan fingerprint density at radius 1 is 1.62 bits per heavy atom. The first-order chi connectivity index (χ1) is 6.15. The van der Waals surface area contributed by atoms with E-state index in [0.29, 0.717) is 17.0 Å². The molecule has 0 heterocycles. The maximum atomic E-state index is 12.8. The molecule has 1 aromatic carbocycles. The van der Waals surface area contributed by atoms with Crippen LogP contribution in [0.2, 0.25) is 5.02 Å². The zero-order valence-corrected chi connectivity index (χ0v) is 8.01. The number of carbonyl (C=O) groups excluding carboxylic acids is 1. The molecule has 1 rings (SSSR count). The van der Waals surface area contributed by atoms with Gasteiger partial charge >= 0.3 is 0 Å². The van der Waals surface area contributed by atoms with E-state index in [0.717, 1.165) is 6.29 Å². The van der Waals surface area contributed by atoms with E-state index in [2.05, 4.69) is 0 Å². The quantitative estimate of drug-likeness (QED) is 0.685. The van der Waals surface area contributed by atoms with E-state index in [-0.39, 0.29) is 11.7 Å².